The molecule has 2 aromatic carbocycles. The molecule has 0 spiro atoms. The van der Waals surface area contributed by atoms with Crippen molar-refractivity contribution in [1.29, 1.82) is 5.41 Å². The Kier molecular flexibility index (Phi) is 8.45. The lowest BCUT2D eigenvalue weighted by atomic mass is 10.1. The average molecular weight is 506 g/mol. The number of likely N-dealkylation sites (tertiary alicyclic amines) is 1. The van der Waals surface area contributed by atoms with Crippen LogP contribution in [0.1, 0.15) is 44.7 Å². The van der Waals surface area contributed by atoms with Gasteiger partial charge in [-0.15, -0.1) is 0 Å². The first kappa shape index (κ1) is 25.9. The van der Waals surface area contributed by atoms with Crippen molar-refractivity contribution in [1.82, 2.24) is 14.9 Å². The molecular formula is C27H35N7OS. The van der Waals surface area contributed by atoms with Crippen molar-refractivity contribution in [2.24, 2.45) is 5.73 Å². The zero-order chi connectivity index (χ0) is 25.7. The summed E-state index contributed by atoms with van der Waals surface area (Å²) >= 11 is 1.54. The second-order valence-electron chi connectivity index (χ2n) is 9.31. The number of hydrogen-bond acceptors (Lipinski definition) is 9. The topological polar surface area (TPSA) is 126 Å². The maximum absolute atomic E-state index is 8.20. The molecule has 2 heterocycles. The number of nitrogens with zero attached hydrogens (tertiary/aromatic N) is 3. The maximum Gasteiger partial charge on any atom is 0.228 e. The van der Waals surface area contributed by atoms with Gasteiger partial charge < -0.3 is 31.2 Å². The minimum Gasteiger partial charge on any atom is -0.474 e. The van der Waals surface area contributed by atoms with E-state index in [0.29, 0.717) is 35.6 Å². The second kappa shape index (κ2) is 11.7. The molecule has 3 aromatic rings. The molecule has 190 valence electrons. The third-order valence-corrected chi connectivity index (χ3v) is 7.20. The minimum absolute atomic E-state index is 0.0442. The summed E-state index contributed by atoms with van der Waals surface area (Å²) < 4.78 is 9.68. The predicted octanol–water partition coefficient (Wildman–Crippen LogP) is 4.94. The lowest BCUT2D eigenvalue weighted by Gasteiger charge is -2.34. The highest BCUT2D eigenvalue weighted by Crippen LogP contribution is 2.30. The molecule has 0 aliphatic carbocycles. The first-order chi connectivity index (χ1) is 17.3. The van der Waals surface area contributed by atoms with Crippen molar-refractivity contribution in [3.05, 3.63) is 59.7 Å². The fraction of sp³-hybridized carbons (Fsp3) is 0.370. The Morgan fingerprint density at radius 3 is 2.36 bits per heavy atom. The molecule has 0 unspecified atom stereocenters. The number of nitrogens with one attached hydrogen (secondary N) is 2. The fourth-order valence-corrected chi connectivity index (χ4v) is 4.83. The second-order valence-corrected chi connectivity index (χ2v) is 10.2. The van der Waals surface area contributed by atoms with Gasteiger partial charge in [-0.05, 0) is 87.5 Å². The molecule has 4 rings (SSSR count). The molecule has 1 saturated heterocycles. The van der Waals surface area contributed by atoms with Gasteiger partial charge in [0.25, 0.3) is 0 Å². The van der Waals surface area contributed by atoms with Crippen LogP contribution in [0.4, 0.5) is 11.5 Å². The van der Waals surface area contributed by atoms with Crippen LogP contribution in [0.3, 0.4) is 0 Å². The third-order valence-electron chi connectivity index (χ3n) is 6.35. The highest BCUT2D eigenvalue weighted by molar-refractivity contribution is 8.00. The first-order valence-electron chi connectivity index (χ1n) is 12.3. The number of anilines is 2. The molecule has 1 aliphatic heterocycles. The average Bonchev–Trinajstić information content (AvgIpc) is 2.88. The number of nitrogens with two attached hydrogens (primary N) is 2. The van der Waals surface area contributed by atoms with E-state index in [1.165, 1.54) is 11.9 Å². The zero-order valence-corrected chi connectivity index (χ0v) is 21.9. The molecule has 0 atom stereocenters. The highest BCUT2D eigenvalue weighted by Gasteiger charge is 2.25. The van der Waals surface area contributed by atoms with Gasteiger partial charge in [-0.1, -0.05) is 12.1 Å². The molecule has 0 amide bonds. The van der Waals surface area contributed by atoms with Crippen molar-refractivity contribution < 1.29 is 4.74 Å². The largest absolute Gasteiger partial charge is 0.474 e. The quantitative estimate of drug-likeness (QED) is 0.238. The van der Waals surface area contributed by atoms with E-state index in [2.05, 4.69) is 28.5 Å². The lowest BCUT2D eigenvalue weighted by molar-refractivity contribution is 0.0812. The van der Waals surface area contributed by atoms with E-state index in [1.54, 1.807) is 6.92 Å². The minimum atomic E-state index is 0.0442. The lowest BCUT2D eigenvalue weighted by Crippen LogP contribution is -2.42. The van der Waals surface area contributed by atoms with Crippen LogP contribution >= 0.6 is 11.9 Å². The zero-order valence-electron chi connectivity index (χ0n) is 21.1. The molecule has 0 saturated carbocycles. The van der Waals surface area contributed by atoms with Gasteiger partial charge in [0, 0.05) is 47.5 Å². The number of aromatic nitrogens is 2. The molecule has 1 aromatic heterocycles. The number of rotatable bonds is 9. The summed E-state index contributed by atoms with van der Waals surface area (Å²) in [5.41, 5.74) is 15.6. The molecule has 8 nitrogen and oxygen atoms in total. The van der Waals surface area contributed by atoms with Crippen LogP contribution in [-0.4, -0.2) is 45.8 Å². The first-order valence-corrected chi connectivity index (χ1v) is 13.1. The van der Waals surface area contributed by atoms with E-state index in [0.717, 1.165) is 47.6 Å². The summed E-state index contributed by atoms with van der Waals surface area (Å²) in [6, 6.07) is 16.6. The van der Waals surface area contributed by atoms with E-state index < -0.39 is 0 Å². The SMILES string of the molecule is CC(=N)c1c(N)nc(-c2ccc(NSc3ccc(CN)cc3)cc2)nc1OC1CCN(C(C)C)CC1. The van der Waals surface area contributed by atoms with E-state index >= 15 is 0 Å². The van der Waals surface area contributed by atoms with Crippen molar-refractivity contribution in [3.63, 3.8) is 0 Å². The molecule has 9 heteroatoms. The van der Waals surface area contributed by atoms with E-state index in [1.807, 2.05) is 48.5 Å². The van der Waals surface area contributed by atoms with Crippen LogP contribution in [0.2, 0.25) is 0 Å². The van der Waals surface area contributed by atoms with Gasteiger partial charge in [0.1, 0.15) is 11.9 Å². The van der Waals surface area contributed by atoms with Gasteiger partial charge in [0.05, 0.1) is 5.56 Å². The molecule has 36 heavy (non-hydrogen) atoms. The monoisotopic (exact) mass is 505 g/mol. The Morgan fingerprint density at radius 1 is 1.11 bits per heavy atom. The van der Waals surface area contributed by atoms with Gasteiger partial charge in [0.15, 0.2) is 5.82 Å². The van der Waals surface area contributed by atoms with E-state index in [9.17, 15) is 0 Å². The fourth-order valence-electron chi connectivity index (χ4n) is 4.19. The van der Waals surface area contributed by atoms with Gasteiger partial charge >= 0.3 is 0 Å². The van der Waals surface area contributed by atoms with Crippen LogP contribution in [0.15, 0.2) is 53.4 Å². The summed E-state index contributed by atoms with van der Waals surface area (Å²) in [4.78, 5) is 12.8. The standard InChI is InChI=1S/C27H35N7OS/c1-17(2)34-14-12-22(13-15-34)35-27-24(18(3)29)25(30)31-26(32-27)20-6-8-21(9-7-20)33-36-23-10-4-19(16-28)5-11-23/h4-11,17,22,29,33H,12-16,28H2,1-3H3,(H2,30,31,32). The maximum atomic E-state index is 8.20. The Labute approximate surface area is 217 Å². The van der Waals surface area contributed by atoms with Crippen molar-refractivity contribution >= 4 is 29.2 Å². The van der Waals surface area contributed by atoms with Gasteiger partial charge in [0.2, 0.25) is 5.88 Å². The number of ether oxygens (including phenoxy) is 1. The van der Waals surface area contributed by atoms with Crippen molar-refractivity contribution in [2.75, 3.05) is 23.5 Å². The molecule has 0 bridgehead atoms. The summed E-state index contributed by atoms with van der Waals surface area (Å²) in [5, 5.41) is 8.20. The molecule has 0 radical (unpaired) electrons. The Hall–Kier alpha value is -3.14. The van der Waals surface area contributed by atoms with Crippen molar-refractivity contribution in [2.45, 2.75) is 57.2 Å². The third kappa shape index (κ3) is 6.34. The Morgan fingerprint density at radius 2 is 1.78 bits per heavy atom. The summed E-state index contributed by atoms with van der Waals surface area (Å²) in [6.07, 6.45) is 1.88. The Bertz CT molecular complexity index is 1170. The van der Waals surface area contributed by atoms with E-state index in [4.69, 9.17) is 26.6 Å². The number of hydrogen-bond donors (Lipinski definition) is 4. The number of benzene rings is 2. The smallest absolute Gasteiger partial charge is 0.228 e. The van der Waals surface area contributed by atoms with Crippen LogP contribution in [0.5, 0.6) is 5.88 Å². The van der Waals surface area contributed by atoms with E-state index in [-0.39, 0.29) is 11.9 Å². The summed E-state index contributed by atoms with van der Waals surface area (Å²) in [7, 11) is 0. The normalized spacial score (nSPS) is 14.7. The molecular weight excluding hydrogens is 470 g/mol. The molecule has 6 N–H and O–H groups in total. The molecule has 1 fully saturated rings. The van der Waals surface area contributed by atoms with Crippen LogP contribution in [-0.2, 0) is 6.54 Å². The highest BCUT2D eigenvalue weighted by atomic mass is 32.2. The van der Waals surface area contributed by atoms with Crippen molar-refractivity contribution in [3.8, 4) is 17.3 Å². The Balaban J connectivity index is 1.48. The van der Waals surface area contributed by atoms with Gasteiger partial charge in [-0.3, -0.25) is 0 Å². The van der Waals surface area contributed by atoms with Crippen LogP contribution in [0.25, 0.3) is 11.4 Å². The summed E-state index contributed by atoms with van der Waals surface area (Å²) in [5.74, 6) is 1.15. The van der Waals surface area contributed by atoms with Crippen LogP contribution in [0, 0.1) is 5.41 Å². The van der Waals surface area contributed by atoms with Gasteiger partial charge in [-0.25, -0.2) is 4.98 Å². The number of piperidine rings is 1. The predicted molar refractivity (Wildman–Crippen MR) is 149 cm³/mol. The molecule has 1 aliphatic rings. The number of nitrogen functional groups attached to an aromatic ring is 1. The summed E-state index contributed by atoms with van der Waals surface area (Å²) in [6.45, 7) is 8.63. The van der Waals surface area contributed by atoms with Crippen LogP contribution < -0.4 is 20.9 Å². The van der Waals surface area contributed by atoms with Gasteiger partial charge in [-0.2, -0.15) is 4.98 Å².